The Morgan fingerprint density at radius 1 is 0.545 bits per heavy atom. The molecule has 0 aliphatic rings. The molecule has 0 aromatic rings. The summed E-state index contributed by atoms with van der Waals surface area (Å²) < 4.78 is 32.7. The molecule has 322 valence electrons. The molecule has 0 spiro atoms. The molecule has 0 amide bonds. The predicted molar refractivity (Wildman–Crippen MR) is 229 cm³/mol. The molecule has 3 N–H and O–H groups in total. The van der Waals surface area contributed by atoms with Crippen LogP contribution >= 0.6 is 7.82 Å². The maximum Gasteiger partial charge on any atom is 0.472 e. The first-order valence-corrected chi connectivity index (χ1v) is 24.0. The first-order chi connectivity index (χ1) is 26.8. The molecule has 2 unspecified atom stereocenters. The Morgan fingerprint density at radius 3 is 1.47 bits per heavy atom. The van der Waals surface area contributed by atoms with E-state index in [1.807, 2.05) is 12.2 Å². The number of carbonyl (C=O) groups is 2. The minimum Gasteiger partial charge on any atom is -0.462 e. The number of phosphoric ester groups is 1. The van der Waals surface area contributed by atoms with Gasteiger partial charge in [-0.15, -0.1) is 0 Å². The minimum atomic E-state index is -4.39. The second-order valence-corrected chi connectivity index (χ2v) is 16.4. The number of unbranched alkanes of at least 4 members (excludes halogenated alkanes) is 23. The number of hydrogen-bond acceptors (Lipinski definition) is 8. The van der Waals surface area contributed by atoms with Crippen LogP contribution in [-0.4, -0.2) is 49.3 Å². The van der Waals surface area contributed by atoms with E-state index < -0.39 is 32.5 Å². The average molecular weight is 798 g/mol. The van der Waals surface area contributed by atoms with Crippen molar-refractivity contribution in [2.75, 3.05) is 26.4 Å². The highest BCUT2D eigenvalue weighted by molar-refractivity contribution is 7.47. The van der Waals surface area contributed by atoms with Crippen molar-refractivity contribution >= 4 is 19.8 Å². The summed E-state index contributed by atoms with van der Waals surface area (Å²) in [7, 11) is -4.39. The van der Waals surface area contributed by atoms with Crippen LogP contribution in [0.1, 0.15) is 206 Å². The quantitative estimate of drug-likeness (QED) is 0.0268. The lowest BCUT2D eigenvalue weighted by atomic mass is 10.0. The molecule has 0 saturated carbocycles. The fourth-order valence-electron chi connectivity index (χ4n) is 6.19. The van der Waals surface area contributed by atoms with E-state index in [-0.39, 0.29) is 32.6 Å². The summed E-state index contributed by atoms with van der Waals surface area (Å²) in [5.41, 5.74) is 5.34. The number of hydrogen-bond donors (Lipinski definition) is 2. The second-order valence-electron chi connectivity index (χ2n) is 14.9. The fraction of sp³-hybridized carbons (Fsp3) is 0.822. The number of allylic oxidation sites excluding steroid dienone is 6. The van der Waals surface area contributed by atoms with E-state index in [1.54, 1.807) is 0 Å². The zero-order chi connectivity index (χ0) is 40.3. The molecule has 0 saturated heterocycles. The highest BCUT2D eigenvalue weighted by Crippen LogP contribution is 2.43. The van der Waals surface area contributed by atoms with Gasteiger partial charge in [-0.25, -0.2) is 4.57 Å². The molecular formula is C45H84NO8P. The highest BCUT2D eigenvalue weighted by atomic mass is 31.2. The molecule has 0 bridgehead atoms. The number of ether oxygens (including phenoxy) is 2. The number of esters is 2. The molecule has 0 aliphatic heterocycles. The van der Waals surface area contributed by atoms with Gasteiger partial charge in [-0.1, -0.05) is 192 Å². The number of phosphoric acid groups is 1. The third-order valence-corrected chi connectivity index (χ3v) is 10.5. The van der Waals surface area contributed by atoms with Crippen LogP contribution in [0.4, 0.5) is 0 Å². The molecule has 0 rings (SSSR count). The SMILES string of the molecule is CCCCCCCCCCC/C=C\C/C=C\C/C=C\CCC(=O)OC(COC(=O)CCCCCCCCCCCCCCCCC)COP(=O)(O)OCCN. The molecular weight excluding hydrogens is 713 g/mol. The van der Waals surface area contributed by atoms with Crippen molar-refractivity contribution in [1.29, 1.82) is 0 Å². The number of rotatable bonds is 42. The van der Waals surface area contributed by atoms with Gasteiger partial charge in [-0.3, -0.25) is 18.6 Å². The van der Waals surface area contributed by atoms with Crippen LogP contribution in [0.15, 0.2) is 36.5 Å². The zero-order valence-electron chi connectivity index (χ0n) is 35.4. The lowest BCUT2D eigenvalue weighted by Gasteiger charge is -2.19. The van der Waals surface area contributed by atoms with Crippen LogP contribution in [0.2, 0.25) is 0 Å². The molecule has 0 heterocycles. The summed E-state index contributed by atoms with van der Waals surface area (Å²) in [5.74, 6) is -0.910. The number of carbonyl (C=O) groups excluding carboxylic acids is 2. The molecule has 10 heteroatoms. The maximum absolute atomic E-state index is 12.6. The second kappa shape index (κ2) is 41.9. The van der Waals surface area contributed by atoms with Crippen LogP contribution < -0.4 is 5.73 Å². The Labute approximate surface area is 337 Å². The van der Waals surface area contributed by atoms with E-state index in [1.165, 1.54) is 135 Å². The van der Waals surface area contributed by atoms with Crippen molar-refractivity contribution in [2.45, 2.75) is 213 Å². The van der Waals surface area contributed by atoms with Crippen molar-refractivity contribution in [3.8, 4) is 0 Å². The first kappa shape index (κ1) is 53.2. The Morgan fingerprint density at radius 2 is 0.982 bits per heavy atom. The van der Waals surface area contributed by atoms with Gasteiger partial charge < -0.3 is 20.1 Å². The standard InChI is InChI=1S/C45H84NO8P/c1-3-5-7-9-11-13-15-17-19-20-21-22-24-26-28-30-32-34-36-38-45(48)54-43(42-53-55(49,50)52-40-39-46)41-51-44(47)37-35-33-31-29-27-25-23-18-16-14-12-10-8-6-4-2/h21-22,26,28,32,34,43H,3-20,23-25,27,29-31,33,35-42,46H2,1-2H3,(H,49,50)/b22-21-,28-26-,34-32-. The highest BCUT2D eigenvalue weighted by Gasteiger charge is 2.25. The summed E-state index contributed by atoms with van der Waals surface area (Å²) in [4.78, 5) is 34.8. The molecule has 0 aliphatic carbocycles. The van der Waals surface area contributed by atoms with E-state index >= 15 is 0 Å². The molecule has 0 aromatic heterocycles. The van der Waals surface area contributed by atoms with Gasteiger partial charge in [-0.05, 0) is 38.5 Å². The normalized spacial score (nSPS) is 13.6. The van der Waals surface area contributed by atoms with Gasteiger partial charge in [-0.2, -0.15) is 0 Å². The van der Waals surface area contributed by atoms with Crippen molar-refractivity contribution in [3.63, 3.8) is 0 Å². The van der Waals surface area contributed by atoms with Crippen LogP contribution in [-0.2, 0) is 32.7 Å². The van der Waals surface area contributed by atoms with E-state index in [9.17, 15) is 19.0 Å². The summed E-state index contributed by atoms with van der Waals surface area (Å²) in [5, 5.41) is 0. The van der Waals surface area contributed by atoms with Gasteiger partial charge in [0.15, 0.2) is 6.10 Å². The van der Waals surface area contributed by atoms with E-state index in [2.05, 4.69) is 38.2 Å². The molecule has 0 radical (unpaired) electrons. The molecule has 2 atom stereocenters. The first-order valence-electron chi connectivity index (χ1n) is 22.5. The van der Waals surface area contributed by atoms with Gasteiger partial charge >= 0.3 is 19.8 Å². The van der Waals surface area contributed by atoms with Crippen LogP contribution in [0.25, 0.3) is 0 Å². The van der Waals surface area contributed by atoms with Gasteiger partial charge in [0.05, 0.1) is 13.2 Å². The average Bonchev–Trinajstić information content (AvgIpc) is 3.17. The van der Waals surface area contributed by atoms with Crippen LogP contribution in [0.3, 0.4) is 0 Å². The monoisotopic (exact) mass is 798 g/mol. The molecule has 0 fully saturated rings. The van der Waals surface area contributed by atoms with E-state index in [0.29, 0.717) is 6.42 Å². The van der Waals surface area contributed by atoms with Crippen molar-refractivity contribution in [2.24, 2.45) is 5.73 Å². The number of nitrogens with two attached hydrogens (primary N) is 1. The topological polar surface area (TPSA) is 134 Å². The summed E-state index contributed by atoms with van der Waals surface area (Å²) in [6, 6.07) is 0. The fourth-order valence-corrected chi connectivity index (χ4v) is 6.96. The molecule has 55 heavy (non-hydrogen) atoms. The third kappa shape index (κ3) is 41.7. The van der Waals surface area contributed by atoms with Gasteiger partial charge in [0.25, 0.3) is 0 Å². The van der Waals surface area contributed by atoms with Gasteiger partial charge in [0, 0.05) is 19.4 Å². The largest absolute Gasteiger partial charge is 0.472 e. The van der Waals surface area contributed by atoms with Crippen molar-refractivity contribution < 1.29 is 37.6 Å². The summed E-state index contributed by atoms with van der Waals surface area (Å²) >= 11 is 0. The smallest absolute Gasteiger partial charge is 0.462 e. The third-order valence-electron chi connectivity index (χ3n) is 9.54. The van der Waals surface area contributed by atoms with E-state index in [4.69, 9.17) is 24.3 Å². The van der Waals surface area contributed by atoms with Crippen LogP contribution in [0, 0.1) is 0 Å². The maximum atomic E-state index is 12.6. The zero-order valence-corrected chi connectivity index (χ0v) is 36.3. The predicted octanol–water partition coefficient (Wildman–Crippen LogP) is 12.9. The molecule has 9 nitrogen and oxygen atoms in total. The lowest BCUT2D eigenvalue weighted by molar-refractivity contribution is -0.161. The van der Waals surface area contributed by atoms with Crippen molar-refractivity contribution in [3.05, 3.63) is 36.5 Å². The van der Waals surface area contributed by atoms with Crippen molar-refractivity contribution in [1.82, 2.24) is 0 Å². The molecule has 0 aromatic carbocycles. The van der Waals surface area contributed by atoms with Gasteiger partial charge in [0.2, 0.25) is 0 Å². The Bertz CT molecular complexity index is 1000. The summed E-state index contributed by atoms with van der Waals surface area (Å²) in [6.07, 6.45) is 46.2. The van der Waals surface area contributed by atoms with Crippen LogP contribution in [0.5, 0.6) is 0 Å². The Kier molecular flexibility index (Phi) is 40.5. The minimum absolute atomic E-state index is 0.0447. The Hall–Kier alpha value is -1.77. The summed E-state index contributed by atoms with van der Waals surface area (Å²) in [6.45, 7) is 3.68. The lowest BCUT2D eigenvalue weighted by Crippen LogP contribution is -2.29. The van der Waals surface area contributed by atoms with Gasteiger partial charge in [0.1, 0.15) is 6.61 Å². The van der Waals surface area contributed by atoms with E-state index in [0.717, 1.165) is 38.5 Å². The Balaban J connectivity index is 4.22.